The summed E-state index contributed by atoms with van der Waals surface area (Å²) in [6.45, 7) is 3.36. The fraction of sp³-hybridized carbons (Fsp3) is 0.292. The Hall–Kier alpha value is -3.81. The smallest absolute Gasteiger partial charge is 0.331 e. The first-order valence-corrected chi connectivity index (χ1v) is 10.2. The first-order valence-electron chi connectivity index (χ1n) is 10.2. The van der Waals surface area contributed by atoms with Gasteiger partial charge in [-0.3, -0.25) is 9.59 Å². The highest BCUT2D eigenvalue weighted by atomic mass is 16.5. The molecule has 170 valence electrons. The van der Waals surface area contributed by atoms with Crippen LogP contribution in [0.15, 0.2) is 42.5 Å². The Morgan fingerprint density at radius 1 is 1.00 bits per heavy atom. The van der Waals surface area contributed by atoms with Gasteiger partial charge < -0.3 is 25.3 Å². The van der Waals surface area contributed by atoms with Crippen LogP contribution in [0.2, 0.25) is 0 Å². The van der Waals surface area contributed by atoms with Gasteiger partial charge in [0.15, 0.2) is 24.7 Å². The first kappa shape index (κ1) is 24.5. The molecule has 0 aromatic heterocycles. The molecule has 0 aliphatic rings. The Bertz CT molecular complexity index is 978. The molecule has 32 heavy (non-hydrogen) atoms. The van der Waals surface area contributed by atoms with Gasteiger partial charge in [0, 0.05) is 11.8 Å². The highest BCUT2D eigenvalue weighted by Gasteiger charge is 2.12. The van der Waals surface area contributed by atoms with Crippen LogP contribution < -0.4 is 20.5 Å². The summed E-state index contributed by atoms with van der Waals surface area (Å²) in [7, 11) is 1.45. The highest BCUT2D eigenvalue weighted by Crippen LogP contribution is 2.28. The first-order chi connectivity index (χ1) is 15.4. The van der Waals surface area contributed by atoms with Crippen LogP contribution >= 0.6 is 0 Å². The van der Waals surface area contributed by atoms with Crippen LogP contribution in [0, 0.1) is 0 Å². The van der Waals surface area contributed by atoms with Crippen molar-refractivity contribution in [3.63, 3.8) is 0 Å². The summed E-state index contributed by atoms with van der Waals surface area (Å²) in [4.78, 5) is 35.2. The lowest BCUT2D eigenvalue weighted by Gasteiger charge is -2.14. The van der Waals surface area contributed by atoms with Crippen molar-refractivity contribution in [1.29, 1.82) is 0 Å². The molecule has 0 unspecified atom stereocenters. The molecule has 0 spiro atoms. The molecule has 8 nitrogen and oxygen atoms in total. The van der Waals surface area contributed by atoms with E-state index in [1.165, 1.54) is 19.3 Å². The Labute approximate surface area is 187 Å². The van der Waals surface area contributed by atoms with Crippen molar-refractivity contribution in [2.75, 3.05) is 25.6 Å². The van der Waals surface area contributed by atoms with Crippen LogP contribution in [0.5, 0.6) is 11.5 Å². The van der Waals surface area contributed by atoms with Crippen molar-refractivity contribution in [2.45, 2.75) is 26.7 Å². The van der Waals surface area contributed by atoms with Gasteiger partial charge in [-0.15, -0.1) is 0 Å². The second kappa shape index (κ2) is 12.1. The fourth-order valence-corrected chi connectivity index (χ4v) is 2.98. The van der Waals surface area contributed by atoms with Gasteiger partial charge in [-0.05, 0) is 47.7 Å². The number of para-hydroxylation sites is 1. The second-order valence-corrected chi connectivity index (χ2v) is 6.81. The summed E-state index contributed by atoms with van der Waals surface area (Å²) < 4.78 is 15.5. The van der Waals surface area contributed by atoms with Crippen LogP contribution in [0.1, 0.15) is 30.5 Å². The van der Waals surface area contributed by atoms with E-state index in [-0.39, 0.29) is 6.61 Å². The van der Waals surface area contributed by atoms with Crippen molar-refractivity contribution < 1.29 is 28.6 Å². The maximum absolute atomic E-state index is 12.3. The number of esters is 1. The van der Waals surface area contributed by atoms with Gasteiger partial charge in [-0.2, -0.15) is 0 Å². The van der Waals surface area contributed by atoms with Gasteiger partial charge in [-0.1, -0.05) is 38.1 Å². The number of aryl methyl sites for hydroxylation is 2. The molecule has 0 saturated heterocycles. The number of carbonyl (C=O) groups is 3. The second-order valence-electron chi connectivity index (χ2n) is 6.81. The number of anilines is 1. The van der Waals surface area contributed by atoms with Crippen LogP contribution in [-0.4, -0.2) is 38.1 Å². The summed E-state index contributed by atoms with van der Waals surface area (Å²) in [5.41, 5.74) is 8.54. The van der Waals surface area contributed by atoms with E-state index in [2.05, 4.69) is 5.32 Å². The number of carbonyl (C=O) groups excluding carboxylic acids is 3. The van der Waals surface area contributed by atoms with Crippen molar-refractivity contribution in [3.8, 4) is 11.5 Å². The molecule has 0 radical (unpaired) electrons. The summed E-state index contributed by atoms with van der Waals surface area (Å²) in [6.07, 6.45) is 4.29. The number of primary amides is 1. The molecule has 2 amide bonds. The zero-order valence-corrected chi connectivity index (χ0v) is 18.5. The fourth-order valence-electron chi connectivity index (χ4n) is 2.98. The molecule has 2 aromatic rings. The van der Waals surface area contributed by atoms with Crippen LogP contribution in [0.25, 0.3) is 6.08 Å². The van der Waals surface area contributed by atoms with E-state index in [0.717, 1.165) is 29.7 Å². The van der Waals surface area contributed by atoms with Gasteiger partial charge in [0.25, 0.3) is 11.8 Å². The minimum Gasteiger partial charge on any atom is -0.493 e. The quantitative estimate of drug-likeness (QED) is 0.410. The van der Waals surface area contributed by atoms with Gasteiger partial charge in [0.2, 0.25) is 0 Å². The molecule has 0 heterocycles. The Kier molecular flexibility index (Phi) is 9.28. The number of amides is 2. The van der Waals surface area contributed by atoms with Crippen molar-refractivity contribution in [1.82, 2.24) is 0 Å². The molecule has 0 fully saturated rings. The molecular formula is C24H28N2O6. The number of nitrogens with one attached hydrogen (secondary N) is 1. The number of hydrogen-bond donors (Lipinski definition) is 2. The molecule has 0 aliphatic heterocycles. The average molecular weight is 440 g/mol. The summed E-state index contributed by atoms with van der Waals surface area (Å²) >= 11 is 0. The molecule has 0 bridgehead atoms. The SMILES string of the molecule is CCc1cccc(CC)c1NC(=O)COC(=O)/C=C/c1ccc(OCC(N)=O)c(OC)c1. The molecule has 0 aliphatic carbocycles. The van der Waals surface area contributed by atoms with Crippen LogP contribution in [-0.2, 0) is 32.0 Å². The lowest BCUT2D eigenvalue weighted by molar-refractivity contribution is -0.142. The number of methoxy groups -OCH3 is 1. The van der Waals surface area contributed by atoms with Crippen molar-refractivity contribution in [2.24, 2.45) is 5.73 Å². The zero-order valence-electron chi connectivity index (χ0n) is 18.5. The molecule has 0 saturated carbocycles. The largest absolute Gasteiger partial charge is 0.493 e. The molecule has 3 N–H and O–H groups in total. The predicted octanol–water partition coefficient (Wildman–Crippen LogP) is 2.88. The third kappa shape index (κ3) is 7.16. The zero-order chi connectivity index (χ0) is 23.5. The topological polar surface area (TPSA) is 117 Å². The summed E-state index contributed by atoms with van der Waals surface area (Å²) in [6, 6.07) is 10.8. The molecular weight excluding hydrogens is 412 g/mol. The predicted molar refractivity (Wildman–Crippen MR) is 122 cm³/mol. The van der Waals surface area contributed by atoms with Crippen LogP contribution in [0.4, 0.5) is 5.69 Å². The van der Waals surface area contributed by atoms with E-state index in [1.807, 2.05) is 32.0 Å². The van der Waals surface area contributed by atoms with E-state index >= 15 is 0 Å². The summed E-state index contributed by atoms with van der Waals surface area (Å²) in [5.74, 6) is -0.941. The van der Waals surface area contributed by atoms with Crippen molar-refractivity contribution in [3.05, 3.63) is 59.2 Å². The van der Waals surface area contributed by atoms with Crippen molar-refractivity contribution >= 4 is 29.5 Å². The van der Waals surface area contributed by atoms with E-state index < -0.39 is 24.4 Å². The lowest BCUT2D eigenvalue weighted by atomic mass is 10.0. The number of ether oxygens (including phenoxy) is 3. The Balaban J connectivity index is 1.94. The number of nitrogens with two attached hydrogens (primary N) is 1. The molecule has 0 atom stereocenters. The normalized spacial score (nSPS) is 10.6. The van der Waals surface area contributed by atoms with E-state index in [0.29, 0.717) is 17.1 Å². The molecule has 8 heteroatoms. The number of benzene rings is 2. The minimum absolute atomic E-state index is 0.275. The highest BCUT2D eigenvalue weighted by molar-refractivity contribution is 5.95. The third-order valence-electron chi connectivity index (χ3n) is 4.58. The lowest BCUT2D eigenvalue weighted by Crippen LogP contribution is -2.21. The Morgan fingerprint density at radius 2 is 1.69 bits per heavy atom. The summed E-state index contributed by atoms with van der Waals surface area (Å²) in [5, 5.41) is 2.85. The van der Waals surface area contributed by atoms with Gasteiger partial charge in [0.1, 0.15) is 0 Å². The minimum atomic E-state index is -0.660. The van der Waals surface area contributed by atoms with Crippen LogP contribution in [0.3, 0.4) is 0 Å². The van der Waals surface area contributed by atoms with E-state index in [4.69, 9.17) is 19.9 Å². The van der Waals surface area contributed by atoms with E-state index in [9.17, 15) is 14.4 Å². The van der Waals surface area contributed by atoms with E-state index in [1.54, 1.807) is 18.2 Å². The number of rotatable bonds is 11. The maximum Gasteiger partial charge on any atom is 0.331 e. The number of hydrogen-bond acceptors (Lipinski definition) is 6. The monoisotopic (exact) mass is 440 g/mol. The van der Waals surface area contributed by atoms with Gasteiger partial charge in [-0.25, -0.2) is 4.79 Å². The Morgan fingerprint density at radius 3 is 2.28 bits per heavy atom. The average Bonchev–Trinajstić information content (AvgIpc) is 2.80. The molecule has 2 aromatic carbocycles. The standard InChI is InChI=1S/C24H28N2O6/c1-4-17-7-6-8-18(5-2)24(17)26-22(28)15-32-23(29)12-10-16-9-11-19(20(13-16)30-3)31-14-21(25)27/h6-13H,4-5,14-15H2,1-3H3,(H2,25,27)(H,26,28)/b12-10+. The molecule has 2 rings (SSSR count). The van der Waals surface area contributed by atoms with Gasteiger partial charge >= 0.3 is 5.97 Å². The third-order valence-corrected chi connectivity index (χ3v) is 4.58. The maximum atomic E-state index is 12.3. The van der Waals surface area contributed by atoms with Gasteiger partial charge in [0.05, 0.1) is 7.11 Å².